The van der Waals surface area contributed by atoms with Crippen molar-refractivity contribution < 1.29 is 14.3 Å². The number of thioether (sulfide) groups is 1. The van der Waals surface area contributed by atoms with Crippen LogP contribution < -0.4 is 4.74 Å². The highest BCUT2D eigenvalue weighted by Crippen LogP contribution is 2.29. The fourth-order valence-corrected chi connectivity index (χ4v) is 2.78. The van der Waals surface area contributed by atoms with Crippen LogP contribution in [0.2, 0.25) is 0 Å². The topological polar surface area (TPSA) is 72.2 Å². The van der Waals surface area contributed by atoms with Gasteiger partial charge in [0.1, 0.15) is 22.1 Å². The average Bonchev–Trinajstić information content (AvgIpc) is 2.53. The van der Waals surface area contributed by atoms with E-state index >= 15 is 0 Å². The molecule has 0 aliphatic rings. The summed E-state index contributed by atoms with van der Waals surface area (Å²) in [5.74, 6) is 0.378. The maximum absolute atomic E-state index is 11.7. The molecule has 1 heterocycles. The number of rotatable bonds is 5. The number of nitriles is 1. The number of carbonyl (C=O) groups is 1. The first-order valence-electron chi connectivity index (χ1n) is 6.81. The molecule has 1 atom stereocenters. The van der Waals surface area contributed by atoms with Gasteiger partial charge in [-0.25, -0.2) is 4.98 Å². The minimum atomic E-state index is -0.428. The number of hydrogen-bond donors (Lipinski definition) is 0. The van der Waals surface area contributed by atoms with Crippen LogP contribution in [0.15, 0.2) is 29.3 Å². The molecule has 0 radical (unpaired) electrons. The van der Waals surface area contributed by atoms with E-state index in [0.717, 1.165) is 10.9 Å². The summed E-state index contributed by atoms with van der Waals surface area (Å²) in [6.45, 7) is 3.83. The Hall–Kier alpha value is -2.26. The smallest absolute Gasteiger partial charge is 0.319 e. The van der Waals surface area contributed by atoms with Gasteiger partial charge in [-0.1, -0.05) is 11.8 Å². The van der Waals surface area contributed by atoms with Crippen molar-refractivity contribution in [2.45, 2.75) is 24.1 Å². The Morgan fingerprint density at radius 3 is 2.86 bits per heavy atom. The number of hydrogen-bond acceptors (Lipinski definition) is 6. The van der Waals surface area contributed by atoms with Crippen LogP contribution in [0.1, 0.15) is 19.4 Å². The van der Waals surface area contributed by atoms with Gasteiger partial charge >= 0.3 is 5.97 Å². The van der Waals surface area contributed by atoms with Gasteiger partial charge in [0.2, 0.25) is 0 Å². The number of esters is 1. The zero-order valence-electron chi connectivity index (χ0n) is 12.6. The van der Waals surface area contributed by atoms with Gasteiger partial charge in [-0.2, -0.15) is 5.26 Å². The van der Waals surface area contributed by atoms with E-state index in [9.17, 15) is 10.1 Å². The third kappa shape index (κ3) is 3.49. The van der Waals surface area contributed by atoms with Crippen molar-refractivity contribution >= 4 is 28.6 Å². The number of ether oxygens (including phenoxy) is 2. The van der Waals surface area contributed by atoms with E-state index in [0.29, 0.717) is 22.9 Å². The predicted octanol–water partition coefficient (Wildman–Crippen LogP) is 3.16. The van der Waals surface area contributed by atoms with Gasteiger partial charge in [-0.3, -0.25) is 4.79 Å². The molecule has 0 aliphatic heterocycles. The number of methoxy groups -OCH3 is 1. The quantitative estimate of drug-likeness (QED) is 0.623. The number of nitrogens with zero attached hydrogens (tertiary/aromatic N) is 2. The predicted molar refractivity (Wildman–Crippen MR) is 85.0 cm³/mol. The van der Waals surface area contributed by atoms with Crippen molar-refractivity contribution in [2.75, 3.05) is 13.7 Å². The first-order chi connectivity index (χ1) is 10.6. The summed E-state index contributed by atoms with van der Waals surface area (Å²) >= 11 is 1.22. The lowest BCUT2D eigenvalue weighted by Gasteiger charge is -2.11. The number of pyridine rings is 1. The Kier molecular flexibility index (Phi) is 5.23. The molecule has 0 saturated carbocycles. The average molecular weight is 316 g/mol. The molecule has 0 N–H and O–H groups in total. The summed E-state index contributed by atoms with van der Waals surface area (Å²) in [4.78, 5) is 16.2. The lowest BCUT2D eigenvalue weighted by molar-refractivity contribution is -0.142. The highest BCUT2D eigenvalue weighted by molar-refractivity contribution is 8.00. The van der Waals surface area contributed by atoms with E-state index in [4.69, 9.17) is 9.47 Å². The number of carbonyl (C=O) groups excluding carboxylic acids is 1. The SMILES string of the molecule is CCOC(=O)C(C)Sc1nc2cc(OC)ccc2cc1C#N. The van der Waals surface area contributed by atoms with Crippen LogP contribution in [0.4, 0.5) is 0 Å². The summed E-state index contributed by atoms with van der Waals surface area (Å²) in [7, 11) is 1.59. The Balaban J connectivity index is 2.39. The van der Waals surface area contributed by atoms with E-state index in [-0.39, 0.29) is 5.97 Å². The molecule has 0 spiro atoms. The Bertz CT molecular complexity index is 740. The lowest BCUT2D eigenvalue weighted by atomic mass is 10.1. The molecule has 0 aliphatic carbocycles. The summed E-state index contributed by atoms with van der Waals surface area (Å²) in [6, 6.07) is 9.36. The highest BCUT2D eigenvalue weighted by atomic mass is 32.2. The third-order valence-electron chi connectivity index (χ3n) is 3.02. The van der Waals surface area contributed by atoms with Crippen molar-refractivity contribution in [3.63, 3.8) is 0 Å². The van der Waals surface area contributed by atoms with E-state index < -0.39 is 5.25 Å². The van der Waals surface area contributed by atoms with Gasteiger partial charge in [0, 0.05) is 11.5 Å². The van der Waals surface area contributed by atoms with Gasteiger partial charge in [0.15, 0.2) is 0 Å². The Morgan fingerprint density at radius 1 is 1.45 bits per heavy atom. The van der Waals surface area contributed by atoms with Crippen LogP contribution in [-0.2, 0) is 9.53 Å². The van der Waals surface area contributed by atoms with Crippen LogP contribution in [0.25, 0.3) is 10.9 Å². The van der Waals surface area contributed by atoms with E-state index in [1.54, 1.807) is 33.1 Å². The summed E-state index contributed by atoms with van der Waals surface area (Å²) in [6.07, 6.45) is 0. The van der Waals surface area contributed by atoms with Gasteiger partial charge < -0.3 is 9.47 Å². The van der Waals surface area contributed by atoms with Crippen LogP contribution >= 0.6 is 11.8 Å². The fourth-order valence-electron chi connectivity index (χ4n) is 1.90. The molecule has 1 aromatic heterocycles. The number of fused-ring (bicyclic) bond motifs is 1. The molecule has 0 amide bonds. The van der Waals surface area contributed by atoms with Crippen LogP contribution in [0.5, 0.6) is 5.75 Å². The van der Waals surface area contributed by atoms with Crippen molar-refractivity contribution in [3.8, 4) is 11.8 Å². The van der Waals surface area contributed by atoms with Gasteiger partial charge in [0.25, 0.3) is 0 Å². The van der Waals surface area contributed by atoms with Gasteiger partial charge in [-0.15, -0.1) is 0 Å². The second-order valence-electron chi connectivity index (χ2n) is 4.52. The normalized spacial score (nSPS) is 11.7. The maximum atomic E-state index is 11.7. The van der Waals surface area contributed by atoms with E-state index in [1.807, 2.05) is 12.1 Å². The van der Waals surface area contributed by atoms with Gasteiger partial charge in [-0.05, 0) is 32.0 Å². The summed E-state index contributed by atoms with van der Waals surface area (Å²) in [5, 5.41) is 10.2. The molecule has 0 bridgehead atoms. The van der Waals surface area contributed by atoms with Crippen molar-refractivity contribution in [3.05, 3.63) is 29.8 Å². The lowest BCUT2D eigenvalue weighted by Crippen LogP contribution is -2.17. The van der Waals surface area contributed by atoms with Crippen molar-refractivity contribution in [1.29, 1.82) is 5.26 Å². The van der Waals surface area contributed by atoms with Crippen LogP contribution in [-0.4, -0.2) is 29.9 Å². The molecule has 0 fully saturated rings. The molecule has 2 aromatic rings. The molecule has 114 valence electrons. The first-order valence-corrected chi connectivity index (χ1v) is 7.69. The zero-order chi connectivity index (χ0) is 16.1. The second kappa shape index (κ2) is 7.14. The molecule has 1 unspecified atom stereocenters. The van der Waals surface area contributed by atoms with Gasteiger partial charge in [0.05, 0.1) is 24.8 Å². The molecule has 22 heavy (non-hydrogen) atoms. The van der Waals surface area contributed by atoms with Crippen LogP contribution in [0, 0.1) is 11.3 Å². The zero-order valence-corrected chi connectivity index (χ0v) is 13.4. The molecule has 5 nitrogen and oxygen atoms in total. The molecule has 2 rings (SSSR count). The second-order valence-corrected chi connectivity index (χ2v) is 5.85. The Labute approximate surface area is 133 Å². The first kappa shape index (κ1) is 16.1. The molecule has 0 saturated heterocycles. The molecular weight excluding hydrogens is 300 g/mol. The van der Waals surface area contributed by atoms with Crippen molar-refractivity contribution in [1.82, 2.24) is 4.98 Å². The minimum Gasteiger partial charge on any atom is -0.497 e. The monoisotopic (exact) mass is 316 g/mol. The summed E-state index contributed by atoms with van der Waals surface area (Å²) < 4.78 is 10.2. The standard InChI is InChI=1S/C16H16N2O3S/c1-4-21-16(19)10(2)22-15-12(9-17)7-11-5-6-13(20-3)8-14(11)18-15/h5-8,10H,4H2,1-3H3. The fraction of sp³-hybridized carbons (Fsp3) is 0.312. The molecular formula is C16H16N2O3S. The maximum Gasteiger partial charge on any atom is 0.319 e. The molecule has 1 aromatic carbocycles. The number of benzene rings is 1. The summed E-state index contributed by atoms with van der Waals surface area (Å²) in [5.41, 5.74) is 1.16. The largest absolute Gasteiger partial charge is 0.497 e. The van der Waals surface area contributed by atoms with Crippen molar-refractivity contribution in [2.24, 2.45) is 0 Å². The highest BCUT2D eigenvalue weighted by Gasteiger charge is 2.19. The third-order valence-corrected chi connectivity index (χ3v) is 4.10. The molecule has 6 heteroatoms. The number of aromatic nitrogens is 1. The van der Waals surface area contributed by atoms with Crippen LogP contribution in [0.3, 0.4) is 0 Å². The van der Waals surface area contributed by atoms with E-state index in [1.165, 1.54) is 11.8 Å². The Morgan fingerprint density at radius 2 is 2.23 bits per heavy atom. The van der Waals surface area contributed by atoms with E-state index in [2.05, 4.69) is 11.1 Å². The minimum absolute atomic E-state index is 0.316.